The third kappa shape index (κ3) is 2.76. The van der Waals surface area contributed by atoms with Crippen LogP contribution in [0.5, 0.6) is 5.75 Å². The van der Waals surface area contributed by atoms with E-state index in [1.807, 2.05) is 12.1 Å². The number of hydrogen-bond acceptors (Lipinski definition) is 3. The number of pyridine rings is 1. The van der Waals surface area contributed by atoms with Crippen LogP contribution < -0.4 is 10.5 Å². The number of ether oxygens (including phenoxy) is 1. The van der Waals surface area contributed by atoms with Crippen LogP contribution in [-0.4, -0.2) is 4.98 Å². The molecule has 0 aliphatic carbocycles. The Morgan fingerprint density at radius 1 is 1.19 bits per heavy atom. The lowest BCUT2D eigenvalue weighted by atomic mass is 10.1. The summed E-state index contributed by atoms with van der Waals surface area (Å²) in [7, 11) is 0. The molecule has 3 rings (SSSR count). The minimum Gasteiger partial charge on any atom is -0.488 e. The van der Waals surface area contributed by atoms with Gasteiger partial charge in [0.15, 0.2) is 0 Å². The van der Waals surface area contributed by atoms with E-state index in [4.69, 9.17) is 22.1 Å². The standard InChI is InChI=1S/C16H12ClFN2O/c17-13-8-11(18)4-3-10(13)9-21-15-6-5-14(19)16-12(15)2-1-7-20-16/h1-8H,9,19H2. The van der Waals surface area contributed by atoms with Crippen molar-refractivity contribution in [1.29, 1.82) is 0 Å². The van der Waals surface area contributed by atoms with Gasteiger partial charge < -0.3 is 10.5 Å². The van der Waals surface area contributed by atoms with Crippen molar-refractivity contribution in [3.05, 3.63) is 65.1 Å². The molecule has 0 aliphatic heterocycles. The van der Waals surface area contributed by atoms with Crippen molar-refractivity contribution in [2.75, 3.05) is 5.73 Å². The Labute approximate surface area is 126 Å². The summed E-state index contributed by atoms with van der Waals surface area (Å²) in [6.07, 6.45) is 1.68. The highest BCUT2D eigenvalue weighted by Crippen LogP contribution is 2.29. The molecule has 0 unspecified atom stereocenters. The van der Waals surface area contributed by atoms with Gasteiger partial charge in [-0.05, 0) is 36.4 Å². The third-order valence-corrected chi connectivity index (χ3v) is 3.51. The van der Waals surface area contributed by atoms with Gasteiger partial charge in [0.1, 0.15) is 18.2 Å². The fraction of sp³-hybridized carbons (Fsp3) is 0.0625. The Balaban J connectivity index is 1.90. The average molecular weight is 303 g/mol. The van der Waals surface area contributed by atoms with E-state index in [1.54, 1.807) is 24.4 Å². The first kappa shape index (κ1) is 13.6. The number of nitrogens with two attached hydrogens (primary N) is 1. The van der Waals surface area contributed by atoms with Crippen LogP contribution in [0.15, 0.2) is 48.7 Å². The fourth-order valence-electron chi connectivity index (χ4n) is 2.09. The number of benzene rings is 2. The van der Waals surface area contributed by atoms with E-state index in [2.05, 4.69) is 4.98 Å². The van der Waals surface area contributed by atoms with E-state index in [0.717, 1.165) is 5.39 Å². The van der Waals surface area contributed by atoms with Crippen LogP contribution in [0.3, 0.4) is 0 Å². The van der Waals surface area contributed by atoms with Gasteiger partial charge in [0, 0.05) is 17.1 Å². The largest absolute Gasteiger partial charge is 0.488 e. The summed E-state index contributed by atoms with van der Waals surface area (Å²) in [5, 5.41) is 1.17. The van der Waals surface area contributed by atoms with Crippen molar-refractivity contribution in [1.82, 2.24) is 4.98 Å². The molecule has 2 N–H and O–H groups in total. The van der Waals surface area contributed by atoms with Crippen LogP contribution in [0.1, 0.15) is 5.56 Å². The van der Waals surface area contributed by atoms with Crippen molar-refractivity contribution in [3.63, 3.8) is 0 Å². The van der Waals surface area contributed by atoms with Crippen LogP contribution in [-0.2, 0) is 6.61 Å². The van der Waals surface area contributed by atoms with Crippen LogP contribution in [0.25, 0.3) is 10.9 Å². The lowest BCUT2D eigenvalue weighted by molar-refractivity contribution is 0.310. The smallest absolute Gasteiger partial charge is 0.129 e. The van der Waals surface area contributed by atoms with E-state index in [1.165, 1.54) is 12.1 Å². The van der Waals surface area contributed by atoms with E-state index >= 15 is 0 Å². The highest BCUT2D eigenvalue weighted by atomic mass is 35.5. The number of fused-ring (bicyclic) bond motifs is 1. The highest BCUT2D eigenvalue weighted by Gasteiger charge is 2.08. The first-order chi connectivity index (χ1) is 10.1. The molecule has 5 heteroatoms. The third-order valence-electron chi connectivity index (χ3n) is 3.16. The molecule has 2 aromatic carbocycles. The van der Waals surface area contributed by atoms with Gasteiger partial charge in [-0.15, -0.1) is 0 Å². The summed E-state index contributed by atoms with van der Waals surface area (Å²) in [6.45, 7) is 0.243. The van der Waals surface area contributed by atoms with Gasteiger partial charge in [-0.1, -0.05) is 17.7 Å². The summed E-state index contributed by atoms with van der Waals surface area (Å²) in [6, 6.07) is 11.5. The van der Waals surface area contributed by atoms with Crippen molar-refractivity contribution >= 4 is 28.2 Å². The second-order valence-electron chi connectivity index (χ2n) is 4.58. The van der Waals surface area contributed by atoms with Crippen LogP contribution in [0, 0.1) is 5.82 Å². The SMILES string of the molecule is Nc1ccc(OCc2ccc(F)cc2Cl)c2cccnc12. The molecule has 21 heavy (non-hydrogen) atoms. The molecule has 1 heterocycles. The van der Waals surface area contributed by atoms with E-state index in [9.17, 15) is 4.39 Å². The molecule has 3 nitrogen and oxygen atoms in total. The lowest BCUT2D eigenvalue weighted by Gasteiger charge is -2.11. The minimum atomic E-state index is -0.370. The van der Waals surface area contributed by atoms with Crippen molar-refractivity contribution in [3.8, 4) is 5.75 Å². The maximum atomic E-state index is 13.0. The molecular weight excluding hydrogens is 291 g/mol. The first-order valence-electron chi connectivity index (χ1n) is 6.35. The number of hydrogen-bond donors (Lipinski definition) is 1. The molecule has 0 bridgehead atoms. The van der Waals surface area contributed by atoms with Crippen LogP contribution in [0.2, 0.25) is 5.02 Å². The molecule has 0 atom stereocenters. The number of anilines is 1. The Kier molecular flexibility index (Phi) is 3.62. The average Bonchev–Trinajstić information content (AvgIpc) is 2.48. The van der Waals surface area contributed by atoms with Gasteiger partial charge in [0.05, 0.1) is 16.2 Å². The Morgan fingerprint density at radius 2 is 2.05 bits per heavy atom. The number of halogens is 2. The summed E-state index contributed by atoms with van der Waals surface area (Å²) in [4.78, 5) is 4.24. The van der Waals surface area contributed by atoms with Gasteiger partial charge in [-0.3, -0.25) is 4.98 Å². The predicted molar refractivity (Wildman–Crippen MR) is 81.9 cm³/mol. The second-order valence-corrected chi connectivity index (χ2v) is 4.98. The Hall–Kier alpha value is -2.33. The molecule has 0 fully saturated rings. The zero-order chi connectivity index (χ0) is 14.8. The molecule has 0 saturated heterocycles. The molecule has 1 aromatic heterocycles. The Bertz CT molecular complexity index is 807. The molecule has 0 spiro atoms. The first-order valence-corrected chi connectivity index (χ1v) is 6.73. The minimum absolute atomic E-state index is 0.243. The number of rotatable bonds is 3. The number of aromatic nitrogens is 1. The van der Waals surface area contributed by atoms with Crippen LogP contribution in [0.4, 0.5) is 10.1 Å². The van der Waals surface area contributed by atoms with E-state index in [0.29, 0.717) is 27.5 Å². The van der Waals surface area contributed by atoms with Gasteiger partial charge >= 0.3 is 0 Å². The molecule has 0 radical (unpaired) electrons. The molecular formula is C16H12ClFN2O. The fourth-order valence-corrected chi connectivity index (χ4v) is 2.31. The number of nitrogens with zero attached hydrogens (tertiary/aromatic N) is 1. The lowest BCUT2D eigenvalue weighted by Crippen LogP contribution is -1.99. The molecule has 0 saturated carbocycles. The predicted octanol–water partition coefficient (Wildman–Crippen LogP) is 4.19. The normalized spacial score (nSPS) is 10.8. The Morgan fingerprint density at radius 3 is 2.86 bits per heavy atom. The topological polar surface area (TPSA) is 48.1 Å². The summed E-state index contributed by atoms with van der Waals surface area (Å²) in [5.41, 5.74) is 7.90. The zero-order valence-corrected chi connectivity index (χ0v) is 11.8. The van der Waals surface area contributed by atoms with Gasteiger partial charge in [0.2, 0.25) is 0 Å². The van der Waals surface area contributed by atoms with E-state index in [-0.39, 0.29) is 12.4 Å². The summed E-state index contributed by atoms with van der Waals surface area (Å²) >= 11 is 5.99. The monoisotopic (exact) mass is 302 g/mol. The summed E-state index contributed by atoms with van der Waals surface area (Å²) in [5.74, 6) is 0.290. The maximum Gasteiger partial charge on any atom is 0.129 e. The molecule has 106 valence electrons. The molecule has 3 aromatic rings. The zero-order valence-electron chi connectivity index (χ0n) is 11.0. The van der Waals surface area contributed by atoms with Crippen molar-refractivity contribution in [2.45, 2.75) is 6.61 Å². The quantitative estimate of drug-likeness (QED) is 0.738. The summed E-state index contributed by atoms with van der Waals surface area (Å²) < 4.78 is 18.8. The van der Waals surface area contributed by atoms with Gasteiger partial charge in [-0.2, -0.15) is 0 Å². The van der Waals surface area contributed by atoms with Crippen molar-refractivity contribution < 1.29 is 9.13 Å². The van der Waals surface area contributed by atoms with Crippen molar-refractivity contribution in [2.24, 2.45) is 0 Å². The van der Waals surface area contributed by atoms with E-state index < -0.39 is 0 Å². The molecule has 0 aliphatic rings. The molecule has 0 amide bonds. The maximum absolute atomic E-state index is 13.0. The highest BCUT2D eigenvalue weighted by molar-refractivity contribution is 6.31. The van der Waals surface area contributed by atoms with Gasteiger partial charge in [0.25, 0.3) is 0 Å². The number of nitrogen functional groups attached to an aromatic ring is 1. The van der Waals surface area contributed by atoms with Gasteiger partial charge in [-0.25, -0.2) is 4.39 Å². The second kappa shape index (κ2) is 5.58. The van der Waals surface area contributed by atoms with Crippen LogP contribution >= 0.6 is 11.6 Å².